The minimum Gasteiger partial charge on any atom is -0.481 e. The van der Waals surface area contributed by atoms with Gasteiger partial charge in [-0.3, -0.25) is 9.59 Å². The number of nitrogens with zero attached hydrogens (tertiary/aromatic N) is 1. The maximum atomic E-state index is 12.6. The number of rotatable bonds is 6. The Bertz CT molecular complexity index is 648. The molecule has 2 aromatic rings. The topological polar surface area (TPSA) is 70.8 Å². The summed E-state index contributed by atoms with van der Waals surface area (Å²) in [6, 6.07) is 11.2. The van der Waals surface area contributed by atoms with Crippen LogP contribution in [0.15, 0.2) is 47.1 Å². The van der Waals surface area contributed by atoms with E-state index in [2.05, 4.69) is 0 Å². The summed E-state index contributed by atoms with van der Waals surface area (Å²) in [5.74, 6) is -1.61. The zero-order chi connectivity index (χ0) is 16.1. The van der Waals surface area contributed by atoms with Gasteiger partial charge in [-0.1, -0.05) is 37.3 Å². The van der Waals surface area contributed by atoms with Gasteiger partial charge in [0.15, 0.2) is 5.76 Å². The number of aliphatic carboxylic acids is 1. The number of carbonyl (C=O) groups is 2. The van der Waals surface area contributed by atoms with Crippen molar-refractivity contribution in [3.63, 3.8) is 0 Å². The SMILES string of the molecule is Cc1ccoc1C(=O)N(Cc1ccccc1)C[C@H](C)C(=O)O. The van der Waals surface area contributed by atoms with Crippen molar-refractivity contribution in [3.8, 4) is 0 Å². The molecule has 116 valence electrons. The molecule has 0 spiro atoms. The van der Waals surface area contributed by atoms with Gasteiger partial charge in [0.1, 0.15) is 0 Å². The van der Waals surface area contributed by atoms with Crippen LogP contribution in [0.2, 0.25) is 0 Å². The molecule has 2 rings (SSSR count). The van der Waals surface area contributed by atoms with Crippen LogP contribution < -0.4 is 0 Å². The standard InChI is InChI=1S/C17H19NO4/c1-12-8-9-22-15(12)16(19)18(10-13(2)17(20)21)11-14-6-4-3-5-7-14/h3-9,13H,10-11H2,1-2H3,(H,20,21)/t13-/m0/s1. The molecule has 5 nitrogen and oxygen atoms in total. The molecular weight excluding hydrogens is 282 g/mol. The van der Waals surface area contributed by atoms with Crippen LogP contribution in [0.1, 0.15) is 28.6 Å². The first-order chi connectivity index (χ1) is 10.5. The van der Waals surface area contributed by atoms with Gasteiger partial charge >= 0.3 is 5.97 Å². The number of carbonyl (C=O) groups excluding carboxylic acids is 1. The Balaban J connectivity index is 2.23. The molecule has 5 heteroatoms. The summed E-state index contributed by atoms with van der Waals surface area (Å²) in [5, 5.41) is 9.10. The molecule has 0 fully saturated rings. The minimum absolute atomic E-state index is 0.128. The third kappa shape index (κ3) is 3.75. The Morgan fingerprint density at radius 2 is 1.91 bits per heavy atom. The second kappa shape index (κ2) is 6.93. The molecule has 1 aromatic carbocycles. The maximum Gasteiger partial charge on any atom is 0.308 e. The van der Waals surface area contributed by atoms with Crippen LogP contribution in [0.5, 0.6) is 0 Å². The lowest BCUT2D eigenvalue weighted by atomic mass is 10.1. The van der Waals surface area contributed by atoms with Gasteiger partial charge in [0.25, 0.3) is 5.91 Å². The number of hydrogen-bond acceptors (Lipinski definition) is 3. The van der Waals surface area contributed by atoms with Gasteiger partial charge in [0.05, 0.1) is 12.2 Å². The molecule has 0 saturated carbocycles. The second-order valence-corrected chi connectivity index (χ2v) is 5.34. The molecule has 0 unspecified atom stereocenters. The predicted octanol–water partition coefficient (Wildman–Crippen LogP) is 2.95. The van der Waals surface area contributed by atoms with Gasteiger partial charge in [0.2, 0.25) is 0 Å². The Kier molecular flexibility index (Phi) is 4.99. The van der Waals surface area contributed by atoms with Gasteiger partial charge in [0, 0.05) is 18.7 Å². The molecule has 1 heterocycles. The molecule has 0 aliphatic carbocycles. The van der Waals surface area contributed by atoms with Crippen molar-refractivity contribution in [2.24, 2.45) is 5.92 Å². The predicted molar refractivity (Wildman–Crippen MR) is 81.4 cm³/mol. The van der Waals surface area contributed by atoms with Crippen LogP contribution in [0.25, 0.3) is 0 Å². The van der Waals surface area contributed by atoms with Gasteiger partial charge in [-0.25, -0.2) is 0 Å². The first-order valence-corrected chi connectivity index (χ1v) is 7.09. The monoisotopic (exact) mass is 301 g/mol. The number of benzene rings is 1. The highest BCUT2D eigenvalue weighted by Gasteiger charge is 2.24. The van der Waals surface area contributed by atoms with Gasteiger partial charge in [-0.2, -0.15) is 0 Å². The fourth-order valence-corrected chi connectivity index (χ4v) is 2.17. The van der Waals surface area contributed by atoms with Crippen molar-refractivity contribution in [2.75, 3.05) is 6.54 Å². The number of furan rings is 1. The number of carboxylic acid groups (broad SMARTS) is 1. The summed E-state index contributed by atoms with van der Waals surface area (Å²) in [6.07, 6.45) is 1.46. The normalized spacial score (nSPS) is 11.9. The highest BCUT2D eigenvalue weighted by molar-refractivity contribution is 5.93. The highest BCUT2D eigenvalue weighted by Crippen LogP contribution is 2.16. The van der Waals surface area contributed by atoms with Crippen LogP contribution in [0, 0.1) is 12.8 Å². The van der Waals surface area contributed by atoms with Crippen molar-refractivity contribution in [1.29, 1.82) is 0 Å². The molecule has 1 atom stereocenters. The number of aryl methyl sites for hydroxylation is 1. The average molecular weight is 301 g/mol. The first kappa shape index (κ1) is 15.8. The van der Waals surface area contributed by atoms with Crippen LogP contribution in [-0.2, 0) is 11.3 Å². The van der Waals surface area contributed by atoms with Crippen LogP contribution in [0.3, 0.4) is 0 Å². The lowest BCUT2D eigenvalue weighted by molar-refractivity contribution is -0.141. The van der Waals surface area contributed by atoms with Crippen molar-refractivity contribution in [1.82, 2.24) is 4.90 Å². The smallest absolute Gasteiger partial charge is 0.308 e. The molecule has 22 heavy (non-hydrogen) atoms. The lowest BCUT2D eigenvalue weighted by Gasteiger charge is -2.24. The van der Waals surface area contributed by atoms with Crippen LogP contribution >= 0.6 is 0 Å². The summed E-state index contributed by atoms with van der Waals surface area (Å²) >= 11 is 0. The molecule has 1 aromatic heterocycles. The van der Waals surface area contributed by atoms with E-state index in [4.69, 9.17) is 9.52 Å². The van der Waals surface area contributed by atoms with Gasteiger partial charge < -0.3 is 14.4 Å². The molecule has 0 radical (unpaired) electrons. The minimum atomic E-state index is -0.929. The molecule has 1 amide bonds. The zero-order valence-electron chi connectivity index (χ0n) is 12.7. The van der Waals surface area contributed by atoms with Gasteiger partial charge in [-0.05, 0) is 18.6 Å². The van der Waals surface area contributed by atoms with E-state index < -0.39 is 11.9 Å². The van der Waals surface area contributed by atoms with Crippen LogP contribution in [0.4, 0.5) is 0 Å². The number of carboxylic acids is 1. The second-order valence-electron chi connectivity index (χ2n) is 5.34. The Labute approximate surface area is 129 Å². The summed E-state index contributed by atoms with van der Waals surface area (Å²) in [6.45, 7) is 3.85. The first-order valence-electron chi connectivity index (χ1n) is 7.09. The molecular formula is C17H19NO4. The number of amides is 1. The van der Waals surface area contributed by atoms with Crippen molar-refractivity contribution >= 4 is 11.9 Å². The zero-order valence-corrected chi connectivity index (χ0v) is 12.7. The van der Waals surface area contributed by atoms with E-state index in [-0.39, 0.29) is 18.2 Å². The van der Waals surface area contributed by atoms with E-state index in [1.807, 2.05) is 30.3 Å². The van der Waals surface area contributed by atoms with E-state index >= 15 is 0 Å². The Morgan fingerprint density at radius 3 is 2.45 bits per heavy atom. The summed E-state index contributed by atoms with van der Waals surface area (Å²) in [5.41, 5.74) is 1.68. The van der Waals surface area contributed by atoms with E-state index in [0.717, 1.165) is 11.1 Å². The van der Waals surface area contributed by atoms with E-state index in [0.29, 0.717) is 6.54 Å². The molecule has 0 bridgehead atoms. The van der Waals surface area contributed by atoms with E-state index in [1.54, 1.807) is 19.9 Å². The molecule has 0 aliphatic heterocycles. The summed E-state index contributed by atoms with van der Waals surface area (Å²) < 4.78 is 5.25. The molecule has 0 saturated heterocycles. The van der Waals surface area contributed by atoms with Crippen molar-refractivity contribution in [3.05, 3.63) is 59.5 Å². The van der Waals surface area contributed by atoms with Crippen LogP contribution in [-0.4, -0.2) is 28.4 Å². The van der Waals surface area contributed by atoms with E-state index in [1.165, 1.54) is 11.2 Å². The highest BCUT2D eigenvalue weighted by atomic mass is 16.4. The quantitative estimate of drug-likeness (QED) is 0.890. The fourth-order valence-electron chi connectivity index (χ4n) is 2.17. The largest absolute Gasteiger partial charge is 0.481 e. The fraction of sp³-hybridized carbons (Fsp3) is 0.294. The third-order valence-electron chi connectivity index (χ3n) is 3.48. The molecule has 1 N–H and O–H groups in total. The van der Waals surface area contributed by atoms with Crippen molar-refractivity contribution < 1.29 is 19.1 Å². The van der Waals surface area contributed by atoms with Crippen molar-refractivity contribution in [2.45, 2.75) is 20.4 Å². The number of hydrogen-bond donors (Lipinski definition) is 1. The Hall–Kier alpha value is -2.56. The lowest BCUT2D eigenvalue weighted by Crippen LogP contribution is -2.36. The summed E-state index contributed by atoms with van der Waals surface area (Å²) in [7, 11) is 0. The average Bonchev–Trinajstić information content (AvgIpc) is 2.92. The Morgan fingerprint density at radius 1 is 1.23 bits per heavy atom. The van der Waals surface area contributed by atoms with Gasteiger partial charge in [-0.15, -0.1) is 0 Å². The molecule has 0 aliphatic rings. The maximum absolute atomic E-state index is 12.6. The third-order valence-corrected chi connectivity index (χ3v) is 3.48. The van der Waals surface area contributed by atoms with E-state index in [9.17, 15) is 9.59 Å². The summed E-state index contributed by atoms with van der Waals surface area (Å²) in [4.78, 5) is 25.2.